The fourth-order valence-corrected chi connectivity index (χ4v) is 2.04. The number of rotatable bonds is 3. The molecule has 0 aliphatic carbocycles. The van der Waals surface area contributed by atoms with Crippen molar-refractivity contribution in [3.05, 3.63) is 66.0 Å². The van der Waals surface area contributed by atoms with Crippen molar-refractivity contribution in [1.29, 1.82) is 0 Å². The van der Waals surface area contributed by atoms with E-state index in [1.807, 2.05) is 34.9 Å². The molecule has 0 saturated heterocycles. The summed E-state index contributed by atoms with van der Waals surface area (Å²) in [5.41, 5.74) is 7.75. The van der Waals surface area contributed by atoms with Gasteiger partial charge in [0.25, 0.3) is 0 Å². The van der Waals surface area contributed by atoms with Crippen LogP contribution in [-0.4, -0.2) is 14.8 Å². The molecule has 0 bridgehead atoms. The summed E-state index contributed by atoms with van der Waals surface area (Å²) in [6.07, 6.45) is 0. The van der Waals surface area contributed by atoms with Crippen LogP contribution in [-0.2, 0) is 6.54 Å². The Hall–Kier alpha value is -2.69. The Morgan fingerprint density at radius 2 is 1.65 bits per heavy atom. The highest BCUT2D eigenvalue weighted by molar-refractivity contribution is 5.56. The minimum atomic E-state index is -0.256. The van der Waals surface area contributed by atoms with Gasteiger partial charge >= 0.3 is 0 Å². The lowest BCUT2D eigenvalue weighted by Crippen LogP contribution is -2.06. The largest absolute Gasteiger partial charge is 0.368 e. The van der Waals surface area contributed by atoms with Gasteiger partial charge in [-0.1, -0.05) is 42.5 Å². The molecule has 0 fully saturated rings. The zero-order valence-corrected chi connectivity index (χ0v) is 10.7. The average molecular weight is 268 g/mol. The Kier molecular flexibility index (Phi) is 3.16. The molecule has 20 heavy (non-hydrogen) atoms. The predicted octanol–water partition coefficient (Wildman–Crippen LogP) is 2.71. The first-order valence-electron chi connectivity index (χ1n) is 6.22. The molecule has 0 radical (unpaired) electrons. The average Bonchev–Trinajstić information content (AvgIpc) is 2.84. The lowest BCUT2D eigenvalue weighted by Gasteiger charge is -2.08. The van der Waals surface area contributed by atoms with Gasteiger partial charge < -0.3 is 5.73 Å². The van der Waals surface area contributed by atoms with Gasteiger partial charge in [-0.3, -0.25) is 4.57 Å². The van der Waals surface area contributed by atoms with E-state index in [4.69, 9.17) is 5.73 Å². The first-order valence-corrected chi connectivity index (χ1v) is 6.22. The summed E-state index contributed by atoms with van der Waals surface area (Å²) in [5.74, 6) is 0.786. The number of halogens is 1. The highest BCUT2D eigenvalue weighted by Crippen LogP contribution is 2.20. The second-order valence-electron chi connectivity index (χ2n) is 4.46. The van der Waals surface area contributed by atoms with Crippen LogP contribution < -0.4 is 5.73 Å². The van der Waals surface area contributed by atoms with Gasteiger partial charge in [0, 0.05) is 5.56 Å². The SMILES string of the molecule is Nc1nnc(-c2ccccc2)n1Cc1ccc(F)cc1. The van der Waals surface area contributed by atoms with E-state index in [-0.39, 0.29) is 5.82 Å². The number of hydrogen-bond acceptors (Lipinski definition) is 3. The van der Waals surface area contributed by atoms with Crippen molar-refractivity contribution in [2.24, 2.45) is 0 Å². The maximum atomic E-state index is 12.9. The van der Waals surface area contributed by atoms with Gasteiger partial charge in [-0.15, -0.1) is 10.2 Å². The molecule has 0 unspecified atom stereocenters. The summed E-state index contributed by atoms with van der Waals surface area (Å²) < 4.78 is 14.7. The zero-order chi connectivity index (χ0) is 13.9. The Morgan fingerprint density at radius 3 is 2.35 bits per heavy atom. The third kappa shape index (κ3) is 2.38. The Balaban J connectivity index is 1.97. The fourth-order valence-electron chi connectivity index (χ4n) is 2.04. The molecule has 2 N–H and O–H groups in total. The van der Waals surface area contributed by atoms with Gasteiger partial charge in [-0.05, 0) is 17.7 Å². The van der Waals surface area contributed by atoms with Crippen LogP contribution in [0.4, 0.5) is 10.3 Å². The molecule has 3 rings (SSSR count). The molecular formula is C15H13FN4. The number of anilines is 1. The van der Waals surface area contributed by atoms with Crippen molar-refractivity contribution in [3.8, 4) is 11.4 Å². The number of benzene rings is 2. The molecule has 1 aromatic heterocycles. The molecule has 0 saturated carbocycles. The Bertz CT molecular complexity index is 704. The smallest absolute Gasteiger partial charge is 0.222 e. The second-order valence-corrected chi connectivity index (χ2v) is 4.46. The third-order valence-electron chi connectivity index (χ3n) is 3.07. The molecule has 4 nitrogen and oxygen atoms in total. The van der Waals surface area contributed by atoms with E-state index in [0.29, 0.717) is 18.3 Å². The first-order chi connectivity index (χ1) is 9.74. The minimum absolute atomic E-state index is 0.256. The lowest BCUT2D eigenvalue weighted by molar-refractivity contribution is 0.626. The highest BCUT2D eigenvalue weighted by atomic mass is 19.1. The quantitative estimate of drug-likeness (QED) is 0.794. The summed E-state index contributed by atoms with van der Waals surface area (Å²) in [4.78, 5) is 0. The first kappa shape index (κ1) is 12.3. The third-order valence-corrected chi connectivity index (χ3v) is 3.07. The van der Waals surface area contributed by atoms with Gasteiger partial charge in [-0.2, -0.15) is 0 Å². The van der Waals surface area contributed by atoms with Crippen LogP contribution >= 0.6 is 0 Å². The van der Waals surface area contributed by atoms with E-state index < -0.39 is 0 Å². The van der Waals surface area contributed by atoms with Crippen molar-refractivity contribution in [1.82, 2.24) is 14.8 Å². The molecule has 0 spiro atoms. The summed E-state index contributed by atoms with van der Waals surface area (Å²) in [6.45, 7) is 0.503. The molecule has 0 amide bonds. The van der Waals surface area contributed by atoms with Gasteiger partial charge in [0.15, 0.2) is 5.82 Å². The van der Waals surface area contributed by atoms with Gasteiger partial charge in [0.1, 0.15) is 5.82 Å². The topological polar surface area (TPSA) is 56.7 Å². The normalized spacial score (nSPS) is 10.7. The molecule has 0 aliphatic rings. The molecule has 2 aromatic carbocycles. The van der Waals surface area contributed by atoms with E-state index in [1.54, 1.807) is 12.1 Å². The zero-order valence-electron chi connectivity index (χ0n) is 10.7. The van der Waals surface area contributed by atoms with Crippen molar-refractivity contribution >= 4 is 5.95 Å². The number of hydrogen-bond donors (Lipinski definition) is 1. The minimum Gasteiger partial charge on any atom is -0.368 e. The van der Waals surface area contributed by atoms with E-state index in [2.05, 4.69) is 10.2 Å². The van der Waals surface area contributed by atoms with E-state index in [1.165, 1.54) is 12.1 Å². The van der Waals surface area contributed by atoms with Crippen LogP contribution in [0.5, 0.6) is 0 Å². The van der Waals surface area contributed by atoms with Crippen LogP contribution in [0.2, 0.25) is 0 Å². The highest BCUT2D eigenvalue weighted by Gasteiger charge is 2.11. The molecular weight excluding hydrogens is 255 g/mol. The number of nitrogens with two attached hydrogens (primary N) is 1. The van der Waals surface area contributed by atoms with E-state index in [0.717, 1.165) is 11.1 Å². The number of aromatic nitrogens is 3. The molecule has 5 heteroatoms. The monoisotopic (exact) mass is 268 g/mol. The predicted molar refractivity (Wildman–Crippen MR) is 75.4 cm³/mol. The number of nitrogens with zero attached hydrogens (tertiary/aromatic N) is 3. The molecule has 1 heterocycles. The van der Waals surface area contributed by atoms with Gasteiger partial charge in [-0.25, -0.2) is 4.39 Å². The van der Waals surface area contributed by atoms with E-state index in [9.17, 15) is 4.39 Å². The van der Waals surface area contributed by atoms with Crippen LogP contribution in [0.25, 0.3) is 11.4 Å². The van der Waals surface area contributed by atoms with Crippen LogP contribution in [0, 0.1) is 5.82 Å². The van der Waals surface area contributed by atoms with E-state index >= 15 is 0 Å². The van der Waals surface area contributed by atoms with Crippen LogP contribution in [0.15, 0.2) is 54.6 Å². The number of nitrogen functional groups attached to an aromatic ring is 1. The van der Waals surface area contributed by atoms with Crippen molar-refractivity contribution in [3.63, 3.8) is 0 Å². The van der Waals surface area contributed by atoms with Crippen molar-refractivity contribution < 1.29 is 4.39 Å². The molecule has 100 valence electrons. The lowest BCUT2D eigenvalue weighted by atomic mass is 10.2. The van der Waals surface area contributed by atoms with Crippen molar-refractivity contribution in [2.75, 3.05) is 5.73 Å². The maximum absolute atomic E-state index is 12.9. The summed E-state index contributed by atoms with van der Waals surface area (Å²) in [6, 6.07) is 16.0. The molecule has 0 aliphatic heterocycles. The van der Waals surface area contributed by atoms with Gasteiger partial charge in [0.2, 0.25) is 5.95 Å². The molecule has 0 atom stereocenters. The Labute approximate surface area is 115 Å². The molecule has 3 aromatic rings. The van der Waals surface area contributed by atoms with Crippen molar-refractivity contribution in [2.45, 2.75) is 6.54 Å². The fraction of sp³-hybridized carbons (Fsp3) is 0.0667. The Morgan fingerprint density at radius 1 is 0.950 bits per heavy atom. The summed E-state index contributed by atoms with van der Waals surface area (Å²) in [5, 5.41) is 8.04. The maximum Gasteiger partial charge on any atom is 0.222 e. The van der Waals surface area contributed by atoms with Crippen LogP contribution in [0.3, 0.4) is 0 Å². The standard InChI is InChI=1S/C15H13FN4/c16-13-8-6-11(7-9-13)10-20-14(18-19-15(20)17)12-4-2-1-3-5-12/h1-9H,10H2,(H2,17,19). The summed E-state index contributed by atoms with van der Waals surface area (Å²) in [7, 11) is 0. The second kappa shape index (κ2) is 5.13. The van der Waals surface area contributed by atoms with Gasteiger partial charge in [0.05, 0.1) is 6.54 Å². The van der Waals surface area contributed by atoms with Crippen LogP contribution in [0.1, 0.15) is 5.56 Å². The summed E-state index contributed by atoms with van der Waals surface area (Å²) >= 11 is 0.